The number of benzene rings is 1. The average molecular weight is 264 g/mol. The highest BCUT2D eigenvalue weighted by Crippen LogP contribution is 2.11. The third kappa shape index (κ3) is 3.27. The average Bonchev–Trinajstić information content (AvgIpc) is 2.89. The van der Waals surface area contributed by atoms with Crippen LogP contribution < -0.4 is 11.1 Å². The van der Waals surface area contributed by atoms with Crippen molar-refractivity contribution in [3.63, 3.8) is 0 Å². The maximum atomic E-state index is 11.9. The summed E-state index contributed by atoms with van der Waals surface area (Å²) in [5.41, 5.74) is 6.86. The molecule has 1 fully saturated rings. The summed E-state index contributed by atoms with van der Waals surface area (Å²) in [6, 6.07) is 6.95. The van der Waals surface area contributed by atoms with Crippen molar-refractivity contribution in [2.24, 2.45) is 5.73 Å². The molecule has 0 spiro atoms. The lowest BCUT2D eigenvalue weighted by atomic mass is 10.1. The lowest BCUT2D eigenvalue weighted by molar-refractivity contribution is 0.0858. The summed E-state index contributed by atoms with van der Waals surface area (Å²) in [6.45, 7) is 1.36. The van der Waals surface area contributed by atoms with E-state index in [2.05, 4.69) is 5.32 Å². The van der Waals surface area contributed by atoms with Gasteiger partial charge < -0.3 is 15.8 Å². The maximum absolute atomic E-state index is 11.9. The van der Waals surface area contributed by atoms with Crippen LogP contribution >= 0.6 is 12.2 Å². The summed E-state index contributed by atoms with van der Waals surface area (Å²) >= 11 is 4.86. The van der Waals surface area contributed by atoms with Crippen LogP contribution in [0.3, 0.4) is 0 Å². The summed E-state index contributed by atoms with van der Waals surface area (Å²) in [5.74, 6) is -0.0972. The molecule has 0 saturated carbocycles. The van der Waals surface area contributed by atoms with Crippen molar-refractivity contribution in [1.29, 1.82) is 0 Å². The van der Waals surface area contributed by atoms with Crippen LogP contribution in [0.15, 0.2) is 24.3 Å². The van der Waals surface area contributed by atoms with Crippen molar-refractivity contribution in [1.82, 2.24) is 5.32 Å². The summed E-state index contributed by atoms with van der Waals surface area (Å²) in [6.07, 6.45) is 2.24. The number of thiocarbonyl (C=S) groups is 1. The number of hydrogen-bond acceptors (Lipinski definition) is 3. The van der Waals surface area contributed by atoms with E-state index in [9.17, 15) is 4.79 Å². The normalized spacial score (nSPS) is 18.6. The van der Waals surface area contributed by atoms with Crippen LogP contribution in [0.2, 0.25) is 0 Å². The van der Waals surface area contributed by atoms with Crippen molar-refractivity contribution in [3.8, 4) is 0 Å². The lowest BCUT2D eigenvalue weighted by Gasteiger charge is -2.10. The Balaban J connectivity index is 1.89. The van der Waals surface area contributed by atoms with Crippen molar-refractivity contribution >= 4 is 23.1 Å². The highest BCUT2D eigenvalue weighted by molar-refractivity contribution is 7.80. The summed E-state index contributed by atoms with van der Waals surface area (Å²) < 4.78 is 5.44. The Bertz CT molecular complexity index is 439. The van der Waals surface area contributed by atoms with Gasteiger partial charge >= 0.3 is 0 Å². The molecule has 0 bridgehead atoms. The highest BCUT2D eigenvalue weighted by Gasteiger charge is 2.16. The molecule has 0 unspecified atom stereocenters. The standard InChI is InChI=1S/C13H16N2O2S/c14-12(18)9-3-5-10(6-4-9)13(16)15-8-11-2-1-7-17-11/h3-6,11H,1-2,7-8H2,(H2,14,18)(H,15,16)/t11-/m1/s1. The zero-order valence-electron chi connectivity index (χ0n) is 10.0. The Kier molecular flexibility index (Phi) is 4.28. The molecule has 1 atom stereocenters. The molecule has 4 nitrogen and oxygen atoms in total. The lowest BCUT2D eigenvalue weighted by Crippen LogP contribution is -2.31. The van der Waals surface area contributed by atoms with E-state index in [0.717, 1.165) is 25.0 Å². The number of rotatable bonds is 4. The second-order valence-electron chi connectivity index (χ2n) is 4.29. The molecule has 1 amide bonds. The zero-order valence-corrected chi connectivity index (χ0v) is 10.8. The third-order valence-corrected chi connectivity index (χ3v) is 3.18. The van der Waals surface area contributed by atoms with E-state index in [1.165, 1.54) is 0 Å². The SMILES string of the molecule is NC(=S)c1ccc(C(=O)NC[C@H]2CCCO2)cc1. The molecule has 5 heteroatoms. The van der Waals surface area contributed by atoms with E-state index in [-0.39, 0.29) is 12.0 Å². The predicted molar refractivity (Wildman–Crippen MR) is 73.6 cm³/mol. The molecule has 0 aliphatic carbocycles. The number of carbonyl (C=O) groups excluding carboxylic acids is 1. The fraction of sp³-hybridized carbons (Fsp3) is 0.385. The van der Waals surface area contributed by atoms with Crippen LogP contribution in [0.25, 0.3) is 0 Å². The van der Waals surface area contributed by atoms with Gasteiger partial charge in [-0.15, -0.1) is 0 Å². The Hall–Kier alpha value is -1.46. The molecule has 0 aromatic heterocycles. The molecule has 1 aromatic rings. The zero-order chi connectivity index (χ0) is 13.0. The summed E-state index contributed by atoms with van der Waals surface area (Å²) in [4.78, 5) is 12.2. The first kappa shape index (κ1) is 13.0. The molecular formula is C13H16N2O2S. The molecule has 96 valence electrons. The number of nitrogens with one attached hydrogen (secondary N) is 1. The van der Waals surface area contributed by atoms with Gasteiger partial charge in [-0.1, -0.05) is 24.4 Å². The van der Waals surface area contributed by atoms with Gasteiger partial charge in [-0.05, 0) is 25.0 Å². The number of nitrogens with two attached hydrogens (primary N) is 1. The van der Waals surface area contributed by atoms with Gasteiger partial charge in [-0.25, -0.2) is 0 Å². The first-order valence-electron chi connectivity index (χ1n) is 5.96. The first-order chi connectivity index (χ1) is 8.66. The minimum Gasteiger partial charge on any atom is -0.389 e. The molecule has 1 aliphatic rings. The van der Waals surface area contributed by atoms with Gasteiger partial charge in [0.2, 0.25) is 0 Å². The van der Waals surface area contributed by atoms with E-state index in [0.29, 0.717) is 17.1 Å². The third-order valence-electron chi connectivity index (χ3n) is 2.95. The Morgan fingerprint density at radius 3 is 2.61 bits per heavy atom. The van der Waals surface area contributed by atoms with Gasteiger partial charge in [0.1, 0.15) is 4.99 Å². The van der Waals surface area contributed by atoms with Crippen LogP contribution in [0, 0.1) is 0 Å². The van der Waals surface area contributed by atoms with Crippen molar-refractivity contribution in [2.75, 3.05) is 13.2 Å². The summed E-state index contributed by atoms with van der Waals surface area (Å²) in [5, 5.41) is 2.86. The maximum Gasteiger partial charge on any atom is 0.251 e. The minimum atomic E-state index is -0.0972. The Morgan fingerprint density at radius 1 is 1.39 bits per heavy atom. The number of hydrogen-bond donors (Lipinski definition) is 2. The van der Waals surface area contributed by atoms with E-state index in [4.69, 9.17) is 22.7 Å². The second kappa shape index (κ2) is 5.93. The fourth-order valence-corrected chi connectivity index (χ4v) is 2.04. The molecule has 1 aromatic carbocycles. The predicted octanol–water partition coefficient (Wildman–Crippen LogP) is 1.23. The van der Waals surface area contributed by atoms with E-state index < -0.39 is 0 Å². The van der Waals surface area contributed by atoms with Crippen LogP contribution in [0.5, 0.6) is 0 Å². The number of amides is 1. The van der Waals surface area contributed by atoms with E-state index in [1.807, 2.05) is 0 Å². The number of carbonyl (C=O) groups is 1. The van der Waals surface area contributed by atoms with Crippen LogP contribution in [-0.4, -0.2) is 30.2 Å². The second-order valence-corrected chi connectivity index (χ2v) is 4.73. The molecule has 2 rings (SSSR count). The molecule has 1 aliphatic heterocycles. The molecule has 18 heavy (non-hydrogen) atoms. The van der Waals surface area contributed by atoms with Gasteiger partial charge in [0, 0.05) is 24.3 Å². The molecule has 3 N–H and O–H groups in total. The Morgan fingerprint density at radius 2 is 2.06 bits per heavy atom. The Labute approximate surface area is 112 Å². The van der Waals surface area contributed by atoms with Gasteiger partial charge in [-0.2, -0.15) is 0 Å². The van der Waals surface area contributed by atoms with Crippen LogP contribution in [0.4, 0.5) is 0 Å². The van der Waals surface area contributed by atoms with Crippen molar-refractivity contribution in [2.45, 2.75) is 18.9 Å². The minimum absolute atomic E-state index is 0.0972. The largest absolute Gasteiger partial charge is 0.389 e. The monoisotopic (exact) mass is 264 g/mol. The highest BCUT2D eigenvalue weighted by atomic mass is 32.1. The quantitative estimate of drug-likeness (QED) is 0.803. The molecule has 1 heterocycles. The van der Waals surface area contributed by atoms with Gasteiger partial charge in [0.15, 0.2) is 0 Å². The van der Waals surface area contributed by atoms with Gasteiger partial charge in [0.25, 0.3) is 5.91 Å². The summed E-state index contributed by atoms with van der Waals surface area (Å²) in [7, 11) is 0. The van der Waals surface area contributed by atoms with Gasteiger partial charge in [0.05, 0.1) is 6.10 Å². The van der Waals surface area contributed by atoms with Crippen molar-refractivity contribution < 1.29 is 9.53 Å². The van der Waals surface area contributed by atoms with Crippen LogP contribution in [0.1, 0.15) is 28.8 Å². The first-order valence-corrected chi connectivity index (χ1v) is 6.37. The molecule has 1 saturated heterocycles. The van der Waals surface area contributed by atoms with Crippen molar-refractivity contribution in [3.05, 3.63) is 35.4 Å². The smallest absolute Gasteiger partial charge is 0.251 e. The topological polar surface area (TPSA) is 64.4 Å². The van der Waals surface area contributed by atoms with Gasteiger partial charge in [-0.3, -0.25) is 4.79 Å². The number of ether oxygens (including phenoxy) is 1. The van der Waals surface area contributed by atoms with E-state index in [1.54, 1.807) is 24.3 Å². The molecule has 0 radical (unpaired) electrons. The van der Waals surface area contributed by atoms with Crippen LogP contribution in [-0.2, 0) is 4.74 Å². The fourth-order valence-electron chi connectivity index (χ4n) is 1.90. The molecular weight excluding hydrogens is 248 g/mol. The van der Waals surface area contributed by atoms with E-state index >= 15 is 0 Å².